The lowest BCUT2D eigenvalue weighted by Gasteiger charge is -2.21. The van der Waals surface area contributed by atoms with E-state index in [1.54, 1.807) is 7.11 Å². The first-order valence-electron chi connectivity index (χ1n) is 5.28. The Morgan fingerprint density at radius 1 is 1.50 bits per heavy atom. The molecule has 92 valence electrons. The Kier molecular flexibility index (Phi) is 6.08. The average Bonchev–Trinajstić information content (AvgIpc) is 2.57. The third kappa shape index (κ3) is 3.90. The van der Waals surface area contributed by atoms with Crippen molar-refractivity contribution in [3.05, 3.63) is 20.3 Å². The van der Waals surface area contributed by atoms with Crippen molar-refractivity contribution < 1.29 is 4.74 Å². The zero-order valence-electron chi connectivity index (χ0n) is 9.72. The molecular formula is C11H17Cl2NOS. The molecule has 1 N–H and O–H groups in total. The standard InChI is InChI=1S/C11H17Cl2NOS/c1-4-8(6-15-3)14-7(2)9-5-10(12)16-11(9)13/h5,7-8,14H,4,6H2,1-3H3. The van der Waals surface area contributed by atoms with Gasteiger partial charge < -0.3 is 10.1 Å². The Labute approximate surface area is 111 Å². The first-order valence-corrected chi connectivity index (χ1v) is 6.85. The molecule has 0 saturated heterocycles. The summed E-state index contributed by atoms with van der Waals surface area (Å²) in [6.07, 6.45) is 1.02. The van der Waals surface area contributed by atoms with Crippen molar-refractivity contribution in [3.8, 4) is 0 Å². The molecule has 1 aromatic heterocycles. The lowest BCUT2D eigenvalue weighted by molar-refractivity contribution is 0.159. The number of methoxy groups -OCH3 is 1. The maximum atomic E-state index is 6.11. The Hall–Kier alpha value is 0.200. The van der Waals surface area contributed by atoms with E-state index < -0.39 is 0 Å². The molecule has 0 spiro atoms. The smallest absolute Gasteiger partial charge is 0.0991 e. The second-order valence-electron chi connectivity index (χ2n) is 3.73. The zero-order chi connectivity index (χ0) is 12.1. The maximum absolute atomic E-state index is 6.11. The summed E-state index contributed by atoms with van der Waals surface area (Å²) in [5.41, 5.74) is 1.06. The summed E-state index contributed by atoms with van der Waals surface area (Å²) in [5, 5.41) is 3.48. The Bertz CT molecular complexity index is 330. The number of thiophene rings is 1. The highest BCUT2D eigenvalue weighted by molar-refractivity contribution is 7.20. The second kappa shape index (κ2) is 6.82. The summed E-state index contributed by atoms with van der Waals surface area (Å²) >= 11 is 13.4. The highest BCUT2D eigenvalue weighted by Gasteiger charge is 2.16. The largest absolute Gasteiger partial charge is 0.383 e. The van der Waals surface area contributed by atoms with Gasteiger partial charge in [-0.2, -0.15) is 0 Å². The van der Waals surface area contributed by atoms with Crippen LogP contribution in [0.2, 0.25) is 8.67 Å². The topological polar surface area (TPSA) is 21.3 Å². The molecule has 0 fully saturated rings. The number of rotatable bonds is 6. The zero-order valence-corrected chi connectivity index (χ0v) is 12.0. The lowest BCUT2D eigenvalue weighted by atomic mass is 10.1. The van der Waals surface area contributed by atoms with E-state index in [0.717, 1.165) is 20.7 Å². The van der Waals surface area contributed by atoms with Crippen molar-refractivity contribution in [1.82, 2.24) is 5.32 Å². The second-order valence-corrected chi connectivity index (χ2v) is 6.01. The van der Waals surface area contributed by atoms with Crippen LogP contribution in [0, 0.1) is 0 Å². The van der Waals surface area contributed by atoms with Gasteiger partial charge in [0, 0.05) is 19.2 Å². The molecule has 0 radical (unpaired) electrons. The quantitative estimate of drug-likeness (QED) is 0.847. The monoisotopic (exact) mass is 281 g/mol. The molecule has 1 rings (SSSR count). The van der Waals surface area contributed by atoms with E-state index >= 15 is 0 Å². The Balaban J connectivity index is 2.63. The number of nitrogens with one attached hydrogen (secondary N) is 1. The van der Waals surface area contributed by atoms with Gasteiger partial charge in [-0.3, -0.25) is 0 Å². The fraction of sp³-hybridized carbons (Fsp3) is 0.636. The van der Waals surface area contributed by atoms with Gasteiger partial charge in [0.2, 0.25) is 0 Å². The molecule has 1 aromatic rings. The lowest BCUT2D eigenvalue weighted by Crippen LogP contribution is -2.34. The van der Waals surface area contributed by atoms with E-state index in [4.69, 9.17) is 27.9 Å². The average molecular weight is 282 g/mol. The summed E-state index contributed by atoms with van der Waals surface area (Å²) in [5.74, 6) is 0. The van der Waals surface area contributed by atoms with Crippen molar-refractivity contribution >= 4 is 34.5 Å². The highest BCUT2D eigenvalue weighted by atomic mass is 35.5. The van der Waals surface area contributed by atoms with Crippen LogP contribution in [-0.4, -0.2) is 19.8 Å². The molecule has 0 aromatic carbocycles. The van der Waals surface area contributed by atoms with E-state index in [9.17, 15) is 0 Å². The van der Waals surface area contributed by atoms with Crippen molar-refractivity contribution in [2.24, 2.45) is 0 Å². The molecular weight excluding hydrogens is 265 g/mol. The van der Waals surface area contributed by atoms with Gasteiger partial charge in [0.25, 0.3) is 0 Å². The predicted molar refractivity (Wildman–Crippen MR) is 71.8 cm³/mol. The molecule has 2 atom stereocenters. The number of hydrogen-bond donors (Lipinski definition) is 1. The van der Waals surface area contributed by atoms with Crippen LogP contribution < -0.4 is 5.32 Å². The van der Waals surface area contributed by atoms with Gasteiger partial charge in [-0.05, 0) is 25.0 Å². The van der Waals surface area contributed by atoms with Gasteiger partial charge >= 0.3 is 0 Å². The fourth-order valence-corrected chi connectivity index (χ4v) is 3.22. The first kappa shape index (κ1) is 14.3. The number of ether oxygens (including phenoxy) is 1. The van der Waals surface area contributed by atoms with Crippen LogP contribution in [-0.2, 0) is 4.74 Å². The van der Waals surface area contributed by atoms with Crippen LogP contribution in [0.25, 0.3) is 0 Å². The third-order valence-corrected chi connectivity index (χ3v) is 4.01. The van der Waals surface area contributed by atoms with E-state index in [1.165, 1.54) is 11.3 Å². The summed E-state index contributed by atoms with van der Waals surface area (Å²) < 4.78 is 6.64. The van der Waals surface area contributed by atoms with E-state index in [2.05, 4.69) is 19.2 Å². The number of halogens is 2. The van der Waals surface area contributed by atoms with Crippen LogP contribution in [0.1, 0.15) is 31.9 Å². The van der Waals surface area contributed by atoms with E-state index in [0.29, 0.717) is 12.6 Å². The van der Waals surface area contributed by atoms with Crippen LogP contribution in [0.15, 0.2) is 6.07 Å². The van der Waals surface area contributed by atoms with Crippen LogP contribution in [0.3, 0.4) is 0 Å². The van der Waals surface area contributed by atoms with Crippen LogP contribution in [0.4, 0.5) is 0 Å². The van der Waals surface area contributed by atoms with Crippen molar-refractivity contribution in [2.75, 3.05) is 13.7 Å². The molecule has 0 aliphatic rings. The molecule has 0 saturated carbocycles. The predicted octanol–water partition coefficient (Wildman–Crippen LogP) is 4.13. The molecule has 2 unspecified atom stereocenters. The van der Waals surface area contributed by atoms with Gasteiger partial charge in [-0.15, -0.1) is 11.3 Å². The van der Waals surface area contributed by atoms with Gasteiger partial charge in [0.1, 0.15) is 0 Å². The third-order valence-electron chi connectivity index (χ3n) is 2.50. The van der Waals surface area contributed by atoms with Gasteiger partial charge in [0.05, 0.1) is 15.3 Å². The van der Waals surface area contributed by atoms with Crippen molar-refractivity contribution in [2.45, 2.75) is 32.4 Å². The van der Waals surface area contributed by atoms with Crippen LogP contribution in [0.5, 0.6) is 0 Å². The van der Waals surface area contributed by atoms with E-state index in [-0.39, 0.29) is 6.04 Å². The number of hydrogen-bond acceptors (Lipinski definition) is 3. The molecule has 0 aliphatic heterocycles. The summed E-state index contributed by atoms with van der Waals surface area (Å²) in [6, 6.07) is 2.46. The molecule has 5 heteroatoms. The molecule has 1 heterocycles. The minimum absolute atomic E-state index is 0.191. The van der Waals surface area contributed by atoms with Gasteiger partial charge in [-0.25, -0.2) is 0 Å². The van der Waals surface area contributed by atoms with Crippen molar-refractivity contribution in [3.63, 3.8) is 0 Å². The SMILES string of the molecule is CCC(COC)NC(C)c1cc(Cl)sc1Cl. The highest BCUT2D eigenvalue weighted by Crippen LogP contribution is 2.34. The molecule has 0 aliphatic carbocycles. The minimum Gasteiger partial charge on any atom is -0.383 e. The molecule has 16 heavy (non-hydrogen) atoms. The summed E-state index contributed by atoms with van der Waals surface area (Å²) in [4.78, 5) is 0. The minimum atomic E-state index is 0.191. The maximum Gasteiger partial charge on any atom is 0.0991 e. The summed E-state index contributed by atoms with van der Waals surface area (Å²) in [7, 11) is 1.71. The summed E-state index contributed by atoms with van der Waals surface area (Å²) in [6.45, 7) is 4.92. The van der Waals surface area contributed by atoms with E-state index in [1.807, 2.05) is 6.07 Å². The van der Waals surface area contributed by atoms with Crippen molar-refractivity contribution in [1.29, 1.82) is 0 Å². The Morgan fingerprint density at radius 3 is 2.62 bits per heavy atom. The Morgan fingerprint density at radius 2 is 2.19 bits per heavy atom. The normalized spacial score (nSPS) is 15.1. The fourth-order valence-electron chi connectivity index (χ4n) is 1.58. The molecule has 2 nitrogen and oxygen atoms in total. The van der Waals surface area contributed by atoms with Gasteiger partial charge in [-0.1, -0.05) is 30.1 Å². The van der Waals surface area contributed by atoms with Crippen LogP contribution >= 0.6 is 34.5 Å². The first-order chi connectivity index (χ1) is 7.58. The molecule has 0 bridgehead atoms. The molecule has 0 amide bonds. The van der Waals surface area contributed by atoms with Gasteiger partial charge in [0.15, 0.2) is 0 Å².